The van der Waals surface area contributed by atoms with E-state index in [1.807, 2.05) is 0 Å². The van der Waals surface area contributed by atoms with Crippen molar-refractivity contribution in [2.45, 2.75) is 13.3 Å². The number of fused-ring (bicyclic) bond motifs is 1. The zero-order valence-electron chi connectivity index (χ0n) is 21.3. The minimum Gasteiger partial charge on any atom is -0.434 e. The fourth-order valence-corrected chi connectivity index (χ4v) is 4.38. The Morgan fingerprint density at radius 3 is 2.00 bits per heavy atom. The highest BCUT2D eigenvalue weighted by molar-refractivity contribution is 6.22. The molecule has 0 aliphatic carbocycles. The number of ether oxygens (including phenoxy) is 3. The highest BCUT2D eigenvalue weighted by Gasteiger charge is 2.36. The first-order valence-electron chi connectivity index (χ1n) is 12.4. The van der Waals surface area contributed by atoms with Crippen molar-refractivity contribution in [3.63, 3.8) is 0 Å². The summed E-state index contributed by atoms with van der Waals surface area (Å²) in [5.74, 6) is -0.978. The van der Waals surface area contributed by atoms with Gasteiger partial charge < -0.3 is 24.0 Å². The minimum absolute atomic E-state index is 0.197. The lowest BCUT2D eigenvalue weighted by Crippen LogP contribution is -2.50. The van der Waals surface area contributed by atoms with Crippen molar-refractivity contribution in [1.82, 2.24) is 14.7 Å². The van der Waals surface area contributed by atoms with Crippen LogP contribution >= 0.6 is 0 Å². The molecule has 0 unspecified atom stereocenters. The van der Waals surface area contributed by atoms with E-state index < -0.39 is 12.1 Å². The maximum absolute atomic E-state index is 13.1. The number of hydrogen-bond acceptors (Lipinski definition) is 8. The number of carbonyl (C=O) groups is 5. The summed E-state index contributed by atoms with van der Waals surface area (Å²) in [6.07, 6.45) is -0.284. The van der Waals surface area contributed by atoms with E-state index in [-0.39, 0.29) is 47.7 Å². The Hall–Kier alpha value is -4.25. The van der Waals surface area contributed by atoms with Crippen LogP contribution in [-0.4, -0.2) is 97.5 Å². The van der Waals surface area contributed by atoms with Crippen molar-refractivity contribution in [3.05, 3.63) is 64.7 Å². The highest BCUT2D eigenvalue weighted by Crippen LogP contribution is 2.25. The van der Waals surface area contributed by atoms with Gasteiger partial charge in [0.1, 0.15) is 5.75 Å². The second-order valence-electron chi connectivity index (χ2n) is 8.76. The predicted octanol–water partition coefficient (Wildman–Crippen LogP) is 2.45. The maximum atomic E-state index is 13.1. The number of benzene rings is 2. The van der Waals surface area contributed by atoms with Gasteiger partial charge in [-0.1, -0.05) is 0 Å². The molecule has 0 saturated carbocycles. The van der Waals surface area contributed by atoms with E-state index in [0.717, 1.165) is 0 Å². The van der Waals surface area contributed by atoms with Gasteiger partial charge in [0.05, 0.1) is 17.7 Å². The molecule has 2 aromatic carbocycles. The van der Waals surface area contributed by atoms with Gasteiger partial charge in [-0.2, -0.15) is 0 Å². The number of rotatable bonds is 8. The van der Waals surface area contributed by atoms with Crippen LogP contribution in [0.3, 0.4) is 0 Å². The van der Waals surface area contributed by atoms with Crippen LogP contribution < -0.4 is 4.74 Å². The third kappa shape index (κ3) is 5.67. The number of nitrogens with zero attached hydrogens (tertiary/aromatic N) is 3. The lowest BCUT2D eigenvalue weighted by molar-refractivity contribution is 0.0535. The molecule has 4 amide bonds. The van der Waals surface area contributed by atoms with Crippen molar-refractivity contribution >= 4 is 29.8 Å². The number of carbonyl (C=O) groups excluding carboxylic acids is 5. The third-order valence-corrected chi connectivity index (χ3v) is 6.37. The molecule has 0 radical (unpaired) electrons. The zero-order valence-corrected chi connectivity index (χ0v) is 21.3. The monoisotopic (exact) mass is 523 g/mol. The highest BCUT2D eigenvalue weighted by atomic mass is 16.7. The molecule has 0 N–H and O–H groups in total. The lowest BCUT2D eigenvalue weighted by atomic mass is 10.0. The predicted molar refractivity (Wildman–Crippen MR) is 134 cm³/mol. The van der Waals surface area contributed by atoms with Gasteiger partial charge in [-0.25, -0.2) is 4.79 Å². The molecule has 0 bridgehead atoms. The summed E-state index contributed by atoms with van der Waals surface area (Å²) in [6.45, 7) is 3.86. The molecule has 2 heterocycles. The van der Waals surface area contributed by atoms with Crippen LogP contribution in [0.2, 0.25) is 0 Å². The Morgan fingerprint density at radius 1 is 0.816 bits per heavy atom. The molecule has 200 valence electrons. The Labute approximate surface area is 219 Å². The summed E-state index contributed by atoms with van der Waals surface area (Å²) in [4.78, 5) is 67.3. The summed E-state index contributed by atoms with van der Waals surface area (Å²) in [6, 6.07) is 10.7. The summed E-state index contributed by atoms with van der Waals surface area (Å²) >= 11 is 0. The second-order valence-corrected chi connectivity index (χ2v) is 8.76. The SMILES string of the molecule is CCOC(=O)Oc1ccc(C(=O)N2CCN(C(=O)c3ccc4c(c3)C(=O)N(CCCOC)C4=O)CC2)cc1. The molecule has 4 rings (SSSR count). The molecular formula is C27H29N3O8. The van der Waals surface area contributed by atoms with Crippen molar-refractivity contribution in [2.75, 3.05) is 53.0 Å². The van der Waals surface area contributed by atoms with Crippen LogP contribution in [0, 0.1) is 0 Å². The van der Waals surface area contributed by atoms with Crippen LogP contribution in [0.1, 0.15) is 54.8 Å². The molecule has 38 heavy (non-hydrogen) atoms. The van der Waals surface area contributed by atoms with Crippen LogP contribution in [0.15, 0.2) is 42.5 Å². The molecule has 1 saturated heterocycles. The number of imide groups is 1. The van der Waals surface area contributed by atoms with Gasteiger partial charge >= 0.3 is 6.16 Å². The van der Waals surface area contributed by atoms with Crippen LogP contribution in [-0.2, 0) is 9.47 Å². The molecule has 1 fully saturated rings. The Balaban J connectivity index is 1.34. The topological polar surface area (TPSA) is 123 Å². The van der Waals surface area contributed by atoms with Gasteiger partial charge in [-0.3, -0.25) is 24.1 Å². The van der Waals surface area contributed by atoms with Crippen LogP contribution in [0.5, 0.6) is 5.75 Å². The fraction of sp³-hybridized carbons (Fsp3) is 0.370. The molecular weight excluding hydrogens is 494 g/mol. The minimum atomic E-state index is -0.814. The van der Waals surface area contributed by atoms with Gasteiger partial charge in [0.2, 0.25) is 0 Å². The molecule has 0 atom stereocenters. The maximum Gasteiger partial charge on any atom is 0.513 e. The molecule has 2 aliphatic heterocycles. The van der Waals surface area contributed by atoms with Gasteiger partial charge in [0.25, 0.3) is 23.6 Å². The summed E-state index contributed by atoms with van der Waals surface area (Å²) in [7, 11) is 1.55. The molecule has 2 aliphatic rings. The third-order valence-electron chi connectivity index (χ3n) is 6.37. The molecule has 11 heteroatoms. The van der Waals surface area contributed by atoms with Crippen molar-refractivity contribution in [2.24, 2.45) is 0 Å². The number of amides is 4. The van der Waals surface area contributed by atoms with Gasteiger partial charge in [-0.05, 0) is 55.8 Å². The van der Waals surface area contributed by atoms with E-state index in [2.05, 4.69) is 0 Å². The zero-order chi connectivity index (χ0) is 27.2. The largest absolute Gasteiger partial charge is 0.513 e. The van der Waals surface area contributed by atoms with Crippen molar-refractivity contribution in [1.29, 1.82) is 0 Å². The molecule has 11 nitrogen and oxygen atoms in total. The summed E-state index contributed by atoms with van der Waals surface area (Å²) in [5, 5.41) is 0. The van der Waals surface area contributed by atoms with E-state index in [1.165, 1.54) is 29.2 Å². The van der Waals surface area contributed by atoms with Crippen LogP contribution in [0.25, 0.3) is 0 Å². The Morgan fingerprint density at radius 2 is 1.39 bits per heavy atom. The Kier molecular flexibility index (Phi) is 8.37. The fourth-order valence-electron chi connectivity index (χ4n) is 4.38. The average molecular weight is 524 g/mol. The number of hydrogen-bond donors (Lipinski definition) is 0. The normalized spacial score (nSPS) is 14.9. The Bertz CT molecular complexity index is 1240. The van der Waals surface area contributed by atoms with E-state index in [4.69, 9.17) is 14.2 Å². The first-order valence-corrected chi connectivity index (χ1v) is 12.4. The quantitative estimate of drug-likeness (QED) is 0.224. The smallest absolute Gasteiger partial charge is 0.434 e. The van der Waals surface area contributed by atoms with Gasteiger partial charge in [0.15, 0.2) is 0 Å². The average Bonchev–Trinajstić information content (AvgIpc) is 3.17. The van der Waals surface area contributed by atoms with Gasteiger partial charge in [0, 0.05) is 57.6 Å². The summed E-state index contributed by atoms with van der Waals surface area (Å²) in [5.41, 5.74) is 1.26. The number of methoxy groups -OCH3 is 1. The summed E-state index contributed by atoms with van der Waals surface area (Å²) < 4.78 is 14.7. The van der Waals surface area contributed by atoms with E-state index in [9.17, 15) is 24.0 Å². The van der Waals surface area contributed by atoms with Crippen molar-refractivity contribution < 1.29 is 38.2 Å². The van der Waals surface area contributed by atoms with E-state index in [0.29, 0.717) is 50.3 Å². The standard InChI is InChI=1S/C27H29N3O8/c1-3-37-27(35)38-20-8-5-18(6-9-20)23(31)28-12-14-29(15-13-28)24(32)19-7-10-21-22(17-19)26(34)30(25(21)33)11-4-16-36-2/h5-10,17H,3-4,11-16H2,1-2H3. The molecule has 0 spiro atoms. The van der Waals surface area contributed by atoms with Crippen LogP contribution in [0.4, 0.5) is 4.79 Å². The molecule has 0 aromatic heterocycles. The second kappa shape index (κ2) is 11.9. The van der Waals surface area contributed by atoms with E-state index >= 15 is 0 Å². The number of piperazine rings is 1. The van der Waals surface area contributed by atoms with Gasteiger partial charge in [-0.15, -0.1) is 0 Å². The van der Waals surface area contributed by atoms with Crippen molar-refractivity contribution in [3.8, 4) is 5.75 Å². The lowest BCUT2D eigenvalue weighted by Gasteiger charge is -2.35. The first-order chi connectivity index (χ1) is 18.3. The first kappa shape index (κ1) is 26.8. The van der Waals surface area contributed by atoms with E-state index in [1.54, 1.807) is 42.0 Å². The molecule has 2 aromatic rings.